The van der Waals surface area contributed by atoms with Crippen LogP contribution < -0.4 is 18.9 Å². The third-order valence-corrected chi connectivity index (χ3v) is 4.51. The molecule has 5 atom stereocenters. The van der Waals surface area contributed by atoms with E-state index in [1.807, 2.05) is 5.92 Å². The maximum atomic E-state index is 6.24. The normalized spacial score (nSPS) is 78.3. The van der Waals surface area contributed by atoms with Crippen LogP contribution in [0, 0.1) is 29.6 Å². The molecule has 5 unspecified atom stereocenters. The van der Waals surface area contributed by atoms with Crippen molar-refractivity contribution in [2.75, 3.05) is 0 Å². The Kier molecular flexibility index (Phi) is 0.648. The van der Waals surface area contributed by atoms with Gasteiger partial charge in [0, 0.05) is 0 Å². The van der Waals surface area contributed by atoms with E-state index < -0.39 is 0 Å². The first-order valence-electron chi connectivity index (χ1n) is 3.40. The van der Waals surface area contributed by atoms with Crippen molar-refractivity contribution in [3.63, 3.8) is 0 Å². The third-order valence-electron chi connectivity index (χ3n) is 3.76. The summed E-state index contributed by atoms with van der Waals surface area (Å²) in [5.41, 5.74) is 0. The smallest absolute Gasteiger partial charge is 0.305 e. The van der Waals surface area contributed by atoms with Crippen LogP contribution in [0.25, 0.3) is 0 Å². The molecule has 0 saturated heterocycles. The Labute approximate surface area is 71.5 Å². The van der Waals surface area contributed by atoms with Gasteiger partial charge in [0.1, 0.15) is 0 Å². The summed E-state index contributed by atoms with van der Waals surface area (Å²) in [5.74, 6) is 5.76. The van der Waals surface area contributed by atoms with Crippen LogP contribution >= 0.6 is 11.6 Å². The topological polar surface area (TPSA) is 0 Å². The summed E-state index contributed by atoms with van der Waals surface area (Å²) in [6, 6.07) is 0. The van der Waals surface area contributed by atoms with Crippen molar-refractivity contribution in [2.24, 2.45) is 23.7 Å². The second kappa shape index (κ2) is 1.06. The molecular formula is C7H6ClLi. The Morgan fingerprint density at radius 2 is 2.22 bits per heavy atom. The van der Waals surface area contributed by atoms with Gasteiger partial charge >= 0.3 is 18.9 Å². The molecule has 2 heteroatoms. The van der Waals surface area contributed by atoms with Crippen LogP contribution in [0.5, 0.6) is 0 Å². The molecule has 5 fully saturated rings. The third kappa shape index (κ3) is 0.279. The number of rotatable bonds is 0. The van der Waals surface area contributed by atoms with Gasteiger partial charge in [0.15, 0.2) is 0 Å². The van der Waals surface area contributed by atoms with E-state index in [1.54, 1.807) is 0 Å². The van der Waals surface area contributed by atoms with E-state index in [4.69, 9.17) is 11.6 Å². The average Bonchev–Trinajstić information content (AvgIpc) is 2.37. The fourth-order valence-electron chi connectivity index (χ4n) is 3.45. The number of hydrogen-bond donors (Lipinski definition) is 0. The molecule has 9 heavy (non-hydrogen) atoms. The summed E-state index contributed by atoms with van der Waals surface area (Å²) in [4.78, 5) is 0.389. The molecule has 0 aromatic heterocycles. The molecule has 5 aliphatic rings. The number of alkyl halides is 1. The summed E-state index contributed by atoms with van der Waals surface area (Å²) < 4.78 is 0. The molecule has 0 radical (unpaired) electrons. The molecule has 0 spiro atoms. The van der Waals surface area contributed by atoms with Gasteiger partial charge in [-0.3, -0.25) is 0 Å². The van der Waals surface area contributed by atoms with Crippen molar-refractivity contribution in [2.45, 2.75) is 11.3 Å². The first-order valence-corrected chi connectivity index (χ1v) is 3.78. The maximum Gasteiger partial charge on any atom is 1.00 e. The van der Waals surface area contributed by atoms with Crippen LogP contribution in [0.2, 0.25) is 0 Å². The molecule has 5 saturated carbocycles. The van der Waals surface area contributed by atoms with Crippen LogP contribution in [0.3, 0.4) is 0 Å². The minimum Gasteiger partial charge on any atom is -0.305 e. The molecule has 5 rings (SSSR count). The minimum atomic E-state index is 0. The minimum absolute atomic E-state index is 0. The SMILES string of the molecule is ClC12C3CC4[C-](C41)C32.[Li+]. The molecule has 0 aromatic carbocycles. The van der Waals surface area contributed by atoms with Gasteiger partial charge in [0.2, 0.25) is 0 Å². The Balaban J connectivity index is 0.000000302. The van der Waals surface area contributed by atoms with Crippen LogP contribution in [-0.4, -0.2) is 4.87 Å². The summed E-state index contributed by atoms with van der Waals surface area (Å²) in [5, 5.41) is 0. The van der Waals surface area contributed by atoms with E-state index in [0.717, 1.165) is 23.7 Å². The standard InChI is InChI=1S/C7H6Cl.Li/c8-7-3-1-2-4(5(2)7)6(3)7;/h2-3,5-6H,1H2;/q-1;+1. The molecular weight excluding hydrogens is 126 g/mol. The largest absolute Gasteiger partial charge is 1.00 e. The van der Waals surface area contributed by atoms with Crippen molar-refractivity contribution >= 4 is 11.6 Å². The predicted molar refractivity (Wildman–Crippen MR) is 30.4 cm³/mol. The zero-order valence-corrected chi connectivity index (χ0v) is 6.15. The Morgan fingerprint density at radius 3 is 2.33 bits per heavy atom. The molecule has 0 aliphatic heterocycles. The summed E-state index contributed by atoms with van der Waals surface area (Å²) in [6.45, 7) is 0. The quantitative estimate of drug-likeness (QED) is 0.213. The molecule has 0 aromatic rings. The summed E-state index contributed by atoms with van der Waals surface area (Å²) in [6.07, 6.45) is 1.47. The van der Waals surface area contributed by atoms with Crippen molar-refractivity contribution in [3.8, 4) is 0 Å². The molecule has 0 nitrogen and oxygen atoms in total. The van der Waals surface area contributed by atoms with Gasteiger partial charge in [-0.2, -0.15) is 11.8 Å². The molecule has 0 heterocycles. The van der Waals surface area contributed by atoms with Crippen LogP contribution in [0.1, 0.15) is 6.42 Å². The van der Waals surface area contributed by atoms with Crippen molar-refractivity contribution < 1.29 is 18.9 Å². The first-order chi connectivity index (χ1) is 3.85. The van der Waals surface area contributed by atoms with Crippen LogP contribution in [0.4, 0.5) is 0 Å². The maximum absolute atomic E-state index is 6.24. The summed E-state index contributed by atoms with van der Waals surface area (Å²) >= 11 is 6.24. The van der Waals surface area contributed by atoms with Gasteiger partial charge in [-0.15, -0.1) is 17.5 Å². The zero-order valence-electron chi connectivity index (χ0n) is 5.39. The van der Waals surface area contributed by atoms with Gasteiger partial charge in [-0.1, -0.05) is 12.3 Å². The van der Waals surface area contributed by atoms with Crippen molar-refractivity contribution in [1.82, 2.24) is 0 Å². The van der Waals surface area contributed by atoms with Gasteiger partial charge in [0.05, 0.1) is 0 Å². The zero-order chi connectivity index (χ0) is 5.09. The fraction of sp³-hybridized carbons (Fsp3) is 0.857. The van der Waals surface area contributed by atoms with E-state index >= 15 is 0 Å². The monoisotopic (exact) mass is 132 g/mol. The molecule has 0 amide bonds. The molecule has 0 N–H and O–H groups in total. The fourth-order valence-corrected chi connectivity index (χ4v) is 4.16. The molecule has 5 aliphatic carbocycles. The summed E-state index contributed by atoms with van der Waals surface area (Å²) in [7, 11) is 0. The Bertz CT molecular complexity index is 184. The van der Waals surface area contributed by atoms with Crippen LogP contribution in [-0.2, 0) is 0 Å². The van der Waals surface area contributed by atoms with Gasteiger partial charge < -0.3 is 5.92 Å². The van der Waals surface area contributed by atoms with E-state index in [2.05, 4.69) is 0 Å². The Morgan fingerprint density at radius 1 is 1.44 bits per heavy atom. The molecule has 2 bridgehead atoms. The van der Waals surface area contributed by atoms with E-state index in [1.165, 1.54) is 6.42 Å². The average molecular weight is 133 g/mol. The second-order valence-corrected chi connectivity index (χ2v) is 4.39. The van der Waals surface area contributed by atoms with Crippen LogP contribution in [0.15, 0.2) is 0 Å². The van der Waals surface area contributed by atoms with E-state index in [0.29, 0.717) is 4.87 Å². The van der Waals surface area contributed by atoms with Crippen molar-refractivity contribution in [1.29, 1.82) is 0 Å². The molecule has 42 valence electrons. The van der Waals surface area contributed by atoms with Gasteiger partial charge in [-0.05, 0) is 4.87 Å². The second-order valence-electron chi connectivity index (χ2n) is 3.73. The van der Waals surface area contributed by atoms with E-state index in [9.17, 15) is 0 Å². The number of halogens is 1. The number of hydrogen-bond acceptors (Lipinski definition) is 0. The predicted octanol–water partition coefficient (Wildman–Crippen LogP) is -1.55. The van der Waals surface area contributed by atoms with E-state index in [-0.39, 0.29) is 18.9 Å². The van der Waals surface area contributed by atoms with Gasteiger partial charge in [0.25, 0.3) is 0 Å². The Hall–Kier alpha value is 0.887. The van der Waals surface area contributed by atoms with Crippen molar-refractivity contribution in [3.05, 3.63) is 5.92 Å². The van der Waals surface area contributed by atoms with Gasteiger partial charge in [-0.25, -0.2) is 0 Å². The first kappa shape index (κ1) is 5.53.